The lowest BCUT2D eigenvalue weighted by Gasteiger charge is -2.43. The Morgan fingerprint density at radius 3 is 2.33 bits per heavy atom. The first-order valence-electron chi connectivity index (χ1n) is 8.07. The van der Waals surface area contributed by atoms with E-state index in [-0.39, 0.29) is 5.60 Å². The van der Waals surface area contributed by atoms with Crippen molar-refractivity contribution in [3.8, 4) is 0 Å². The smallest absolute Gasteiger partial charge is 0.0830 e. The van der Waals surface area contributed by atoms with Crippen LogP contribution in [0.4, 0.5) is 0 Å². The van der Waals surface area contributed by atoms with Crippen molar-refractivity contribution in [2.45, 2.75) is 89.7 Å². The zero-order valence-electron chi connectivity index (χ0n) is 12.8. The quantitative estimate of drug-likeness (QED) is 0.621. The third-order valence-electron chi connectivity index (χ3n) is 4.48. The van der Waals surface area contributed by atoms with Gasteiger partial charge in [-0.15, -0.1) is 0 Å². The molecular weight excluding hydrogens is 222 g/mol. The van der Waals surface area contributed by atoms with E-state index in [0.717, 1.165) is 6.54 Å². The van der Waals surface area contributed by atoms with Crippen molar-refractivity contribution in [2.75, 3.05) is 13.7 Å². The number of methoxy groups -OCH3 is 1. The molecule has 1 fully saturated rings. The Morgan fingerprint density at radius 1 is 1.06 bits per heavy atom. The Morgan fingerprint density at radius 2 is 1.78 bits per heavy atom. The number of rotatable bonds is 9. The van der Waals surface area contributed by atoms with E-state index in [1.165, 1.54) is 64.2 Å². The first kappa shape index (κ1) is 16.0. The van der Waals surface area contributed by atoms with Gasteiger partial charge in [-0.05, 0) is 32.2 Å². The molecule has 1 N–H and O–H groups in total. The minimum Gasteiger partial charge on any atom is -0.377 e. The van der Waals surface area contributed by atoms with Crippen molar-refractivity contribution in [1.82, 2.24) is 5.32 Å². The summed E-state index contributed by atoms with van der Waals surface area (Å²) in [4.78, 5) is 0. The molecular formula is C16H33NO. The van der Waals surface area contributed by atoms with Crippen LogP contribution in [0.15, 0.2) is 0 Å². The molecule has 0 spiro atoms. The van der Waals surface area contributed by atoms with Crippen molar-refractivity contribution in [1.29, 1.82) is 0 Å². The highest BCUT2D eigenvalue weighted by Crippen LogP contribution is 2.35. The molecule has 0 bridgehead atoms. The molecule has 1 atom stereocenters. The van der Waals surface area contributed by atoms with Crippen LogP contribution in [0.2, 0.25) is 0 Å². The summed E-state index contributed by atoms with van der Waals surface area (Å²) in [6.07, 6.45) is 13.0. The molecule has 0 amide bonds. The fourth-order valence-electron chi connectivity index (χ4n) is 3.31. The maximum absolute atomic E-state index is 6.01. The molecule has 108 valence electrons. The number of unbranched alkanes of at least 4 members (excludes halogenated alkanes) is 2. The second kappa shape index (κ2) is 8.92. The van der Waals surface area contributed by atoms with Crippen LogP contribution in [0.5, 0.6) is 0 Å². The second-order valence-electron chi connectivity index (χ2n) is 5.83. The van der Waals surface area contributed by atoms with Gasteiger partial charge < -0.3 is 10.1 Å². The maximum Gasteiger partial charge on any atom is 0.0830 e. The Labute approximate surface area is 114 Å². The van der Waals surface area contributed by atoms with Gasteiger partial charge in [0.05, 0.1) is 5.60 Å². The molecule has 18 heavy (non-hydrogen) atoms. The average Bonchev–Trinajstić information content (AvgIpc) is 2.43. The summed E-state index contributed by atoms with van der Waals surface area (Å²) >= 11 is 0. The highest BCUT2D eigenvalue weighted by Gasteiger charge is 2.39. The van der Waals surface area contributed by atoms with Crippen LogP contribution in [0.1, 0.15) is 78.1 Å². The zero-order chi connectivity index (χ0) is 13.3. The molecule has 0 radical (unpaired) electrons. The van der Waals surface area contributed by atoms with Gasteiger partial charge in [0, 0.05) is 13.2 Å². The summed E-state index contributed by atoms with van der Waals surface area (Å²) in [6.45, 7) is 5.65. The fraction of sp³-hybridized carbons (Fsp3) is 1.00. The van der Waals surface area contributed by atoms with Crippen LogP contribution in [0.3, 0.4) is 0 Å². The molecule has 0 aromatic carbocycles. The van der Waals surface area contributed by atoms with Crippen molar-refractivity contribution < 1.29 is 4.74 Å². The molecule has 0 saturated heterocycles. The van der Waals surface area contributed by atoms with Crippen molar-refractivity contribution in [3.63, 3.8) is 0 Å². The molecule has 1 aliphatic rings. The fourth-order valence-corrected chi connectivity index (χ4v) is 3.31. The van der Waals surface area contributed by atoms with E-state index in [1.807, 2.05) is 7.11 Å². The van der Waals surface area contributed by atoms with E-state index < -0.39 is 0 Å². The molecule has 1 saturated carbocycles. The Bertz CT molecular complexity index is 199. The van der Waals surface area contributed by atoms with Crippen molar-refractivity contribution in [3.05, 3.63) is 0 Å². The van der Waals surface area contributed by atoms with E-state index in [2.05, 4.69) is 19.2 Å². The molecule has 0 heterocycles. The molecule has 0 aromatic rings. The molecule has 2 nitrogen and oxygen atoms in total. The number of nitrogens with one attached hydrogen (secondary N) is 1. The van der Waals surface area contributed by atoms with Gasteiger partial charge in [-0.2, -0.15) is 0 Å². The van der Waals surface area contributed by atoms with Crippen LogP contribution >= 0.6 is 0 Å². The van der Waals surface area contributed by atoms with Gasteiger partial charge >= 0.3 is 0 Å². The number of ether oxygens (including phenoxy) is 1. The Balaban J connectivity index is 2.58. The molecule has 0 aromatic heterocycles. The van der Waals surface area contributed by atoms with Gasteiger partial charge in [-0.1, -0.05) is 52.4 Å². The predicted octanol–water partition coefficient (Wildman–Crippen LogP) is 4.28. The second-order valence-corrected chi connectivity index (χ2v) is 5.83. The molecule has 2 heteroatoms. The number of hydrogen-bond acceptors (Lipinski definition) is 2. The Hall–Kier alpha value is -0.0800. The summed E-state index contributed by atoms with van der Waals surface area (Å²) in [5.74, 6) is 0. The van der Waals surface area contributed by atoms with E-state index in [0.29, 0.717) is 6.04 Å². The normalized spacial score (nSPS) is 20.8. The van der Waals surface area contributed by atoms with Gasteiger partial charge in [0.25, 0.3) is 0 Å². The molecule has 1 unspecified atom stereocenters. The van der Waals surface area contributed by atoms with E-state index >= 15 is 0 Å². The minimum absolute atomic E-state index is 0.126. The third-order valence-corrected chi connectivity index (χ3v) is 4.48. The average molecular weight is 255 g/mol. The standard InChI is InChI=1S/C16H33NO/c1-4-6-8-11-15(17-14-5-2)16(18-3)12-9-7-10-13-16/h15,17H,4-14H2,1-3H3. The largest absolute Gasteiger partial charge is 0.377 e. The first-order chi connectivity index (χ1) is 8.79. The van der Waals surface area contributed by atoms with Gasteiger partial charge in [0.15, 0.2) is 0 Å². The van der Waals surface area contributed by atoms with Crippen LogP contribution in [-0.4, -0.2) is 25.3 Å². The monoisotopic (exact) mass is 255 g/mol. The van der Waals surface area contributed by atoms with E-state index in [1.54, 1.807) is 0 Å². The van der Waals surface area contributed by atoms with Crippen molar-refractivity contribution >= 4 is 0 Å². The lowest BCUT2D eigenvalue weighted by atomic mass is 9.77. The zero-order valence-corrected chi connectivity index (χ0v) is 12.8. The van der Waals surface area contributed by atoms with Crippen LogP contribution in [-0.2, 0) is 4.74 Å². The van der Waals surface area contributed by atoms with Crippen molar-refractivity contribution in [2.24, 2.45) is 0 Å². The minimum atomic E-state index is 0.126. The third kappa shape index (κ3) is 4.55. The summed E-state index contributed by atoms with van der Waals surface area (Å²) in [5, 5.41) is 3.76. The Kier molecular flexibility index (Phi) is 7.92. The molecule has 1 aliphatic carbocycles. The number of hydrogen-bond donors (Lipinski definition) is 1. The summed E-state index contributed by atoms with van der Waals surface area (Å²) in [6, 6.07) is 0.564. The van der Waals surface area contributed by atoms with Crippen LogP contribution in [0, 0.1) is 0 Å². The SMILES string of the molecule is CCCCCC(NCCC)C1(OC)CCCCC1. The van der Waals surface area contributed by atoms with E-state index in [4.69, 9.17) is 4.74 Å². The highest BCUT2D eigenvalue weighted by molar-refractivity contribution is 4.95. The van der Waals surface area contributed by atoms with E-state index in [9.17, 15) is 0 Å². The lowest BCUT2D eigenvalue weighted by Crippen LogP contribution is -2.53. The maximum atomic E-state index is 6.01. The highest BCUT2D eigenvalue weighted by atomic mass is 16.5. The van der Waals surface area contributed by atoms with Gasteiger partial charge in [0.1, 0.15) is 0 Å². The van der Waals surface area contributed by atoms with Gasteiger partial charge in [-0.3, -0.25) is 0 Å². The van der Waals surface area contributed by atoms with Crippen LogP contribution in [0.25, 0.3) is 0 Å². The predicted molar refractivity (Wildman–Crippen MR) is 79.0 cm³/mol. The molecule has 0 aliphatic heterocycles. The first-order valence-corrected chi connectivity index (χ1v) is 8.07. The summed E-state index contributed by atoms with van der Waals surface area (Å²) in [5.41, 5.74) is 0.126. The molecule has 1 rings (SSSR count). The van der Waals surface area contributed by atoms with Gasteiger partial charge in [0.2, 0.25) is 0 Å². The van der Waals surface area contributed by atoms with Crippen LogP contribution < -0.4 is 5.32 Å². The summed E-state index contributed by atoms with van der Waals surface area (Å²) < 4.78 is 6.01. The topological polar surface area (TPSA) is 21.3 Å². The summed E-state index contributed by atoms with van der Waals surface area (Å²) in [7, 11) is 1.92. The van der Waals surface area contributed by atoms with Gasteiger partial charge in [-0.25, -0.2) is 0 Å². The lowest BCUT2D eigenvalue weighted by molar-refractivity contribution is -0.0696.